The van der Waals surface area contributed by atoms with Crippen molar-refractivity contribution >= 4 is 17.6 Å². The van der Waals surface area contributed by atoms with Gasteiger partial charge in [0.25, 0.3) is 0 Å². The summed E-state index contributed by atoms with van der Waals surface area (Å²) in [6.45, 7) is 2.29. The summed E-state index contributed by atoms with van der Waals surface area (Å²) in [6.07, 6.45) is 0. The maximum absolute atomic E-state index is 5.32. The van der Waals surface area contributed by atoms with Gasteiger partial charge in [-0.15, -0.1) is 0 Å². The molecule has 0 aliphatic heterocycles. The van der Waals surface area contributed by atoms with Crippen LogP contribution in [0.2, 0.25) is 0 Å². The summed E-state index contributed by atoms with van der Waals surface area (Å²) >= 11 is 0. The molecule has 8 nitrogen and oxygen atoms in total. The van der Waals surface area contributed by atoms with E-state index in [1.807, 2.05) is 31.2 Å². The molecule has 0 amide bonds. The van der Waals surface area contributed by atoms with Crippen LogP contribution in [-0.2, 0) is 0 Å². The number of nitrogens with two attached hydrogens (primary N) is 1. The predicted octanol–water partition coefficient (Wildman–Crippen LogP) is 1.31. The second-order valence-electron chi connectivity index (χ2n) is 3.70. The fourth-order valence-corrected chi connectivity index (χ4v) is 1.50. The van der Waals surface area contributed by atoms with Gasteiger partial charge in [-0.05, 0) is 19.1 Å². The largest absolute Gasteiger partial charge is 0.497 e. The van der Waals surface area contributed by atoms with Crippen LogP contribution < -0.4 is 26.1 Å². The average molecular weight is 276 g/mol. The Morgan fingerprint density at radius 2 is 2.00 bits per heavy atom. The molecule has 0 radical (unpaired) electrons. The maximum Gasteiger partial charge on any atom is 0.323 e. The van der Waals surface area contributed by atoms with E-state index in [9.17, 15) is 0 Å². The third-order valence-electron chi connectivity index (χ3n) is 2.34. The lowest BCUT2D eigenvalue weighted by Crippen LogP contribution is -2.13. The molecule has 0 fully saturated rings. The lowest BCUT2D eigenvalue weighted by atomic mass is 10.3. The second-order valence-corrected chi connectivity index (χ2v) is 3.70. The lowest BCUT2D eigenvalue weighted by molar-refractivity contribution is 0.312. The summed E-state index contributed by atoms with van der Waals surface area (Å²) < 4.78 is 10.4. The minimum atomic E-state index is 0.195. The van der Waals surface area contributed by atoms with Gasteiger partial charge in [-0.3, -0.25) is 5.43 Å². The van der Waals surface area contributed by atoms with Gasteiger partial charge in [0.1, 0.15) is 5.75 Å². The van der Waals surface area contributed by atoms with E-state index in [2.05, 4.69) is 25.7 Å². The number of methoxy groups -OCH3 is 1. The molecule has 0 atom stereocenters. The van der Waals surface area contributed by atoms with Crippen molar-refractivity contribution in [1.29, 1.82) is 0 Å². The van der Waals surface area contributed by atoms with Crippen molar-refractivity contribution in [2.24, 2.45) is 5.84 Å². The van der Waals surface area contributed by atoms with Gasteiger partial charge in [-0.2, -0.15) is 15.0 Å². The highest BCUT2D eigenvalue weighted by atomic mass is 16.5. The number of hydrogen-bond donors (Lipinski definition) is 3. The number of aromatic nitrogens is 3. The Morgan fingerprint density at radius 1 is 1.20 bits per heavy atom. The minimum Gasteiger partial charge on any atom is -0.497 e. The van der Waals surface area contributed by atoms with Crippen LogP contribution in [0.3, 0.4) is 0 Å². The summed E-state index contributed by atoms with van der Waals surface area (Å²) in [4.78, 5) is 12.2. The van der Waals surface area contributed by atoms with Gasteiger partial charge in [-0.1, -0.05) is 6.07 Å². The molecule has 0 spiro atoms. The molecule has 1 heterocycles. The summed E-state index contributed by atoms with van der Waals surface area (Å²) in [5.74, 6) is 6.58. The number of hydrogen-bond acceptors (Lipinski definition) is 8. The Hall–Kier alpha value is -2.61. The number of nitrogens with zero attached hydrogens (tertiary/aromatic N) is 3. The second kappa shape index (κ2) is 6.53. The minimum absolute atomic E-state index is 0.195. The van der Waals surface area contributed by atoms with Gasteiger partial charge < -0.3 is 14.8 Å². The third kappa shape index (κ3) is 3.45. The van der Waals surface area contributed by atoms with Gasteiger partial charge in [0.2, 0.25) is 11.9 Å². The van der Waals surface area contributed by atoms with Crippen LogP contribution in [0, 0.1) is 0 Å². The van der Waals surface area contributed by atoms with E-state index in [1.165, 1.54) is 0 Å². The van der Waals surface area contributed by atoms with Crippen molar-refractivity contribution in [2.45, 2.75) is 6.92 Å². The Kier molecular flexibility index (Phi) is 4.51. The molecule has 106 valence electrons. The first-order valence-electron chi connectivity index (χ1n) is 6.01. The predicted molar refractivity (Wildman–Crippen MR) is 75.1 cm³/mol. The number of hydrazine groups is 1. The summed E-state index contributed by atoms with van der Waals surface area (Å²) in [5, 5.41) is 3.03. The molecule has 4 N–H and O–H groups in total. The molecule has 2 rings (SSSR count). The van der Waals surface area contributed by atoms with Crippen LogP contribution in [0.4, 0.5) is 17.6 Å². The van der Waals surface area contributed by atoms with Gasteiger partial charge >= 0.3 is 6.01 Å². The molecule has 0 saturated carbocycles. The molecule has 8 heteroatoms. The fourth-order valence-electron chi connectivity index (χ4n) is 1.50. The zero-order valence-electron chi connectivity index (χ0n) is 11.3. The molecule has 1 aromatic carbocycles. The number of nitrogen functional groups attached to an aromatic ring is 1. The zero-order valence-corrected chi connectivity index (χ0v) is 11.3. The third-order valence-corrected chi connectivity index (χ3v) is 2.34. The van der Waals surface area contributed by atoms with Crippen LogP contribution >= 0.6 is 0 Å². The van der Waals surface area contributed by atoms with Crippen molar-refractivity contribution in [3.8, 4) is 11.8 Å². The van der Waals surface area contributed by atoms with E-state index in [0.29, 0.717) is 12.6 Å². The Balaban J connectivity index is 2.24. The Labute approximate surface area is 116 Å². The van der Waals surface area contributed by atoms with E-state index in [0.717, 1.165) is 11.4 Å². The molecule has 2 aromatic rings. The van der Waals surface area contributed by atoms with E-state index < -0.39 is 0 Å². The van der Waals surface area contributed by atoms with E-state index in [4.69, 9.17) is 15.3 Å². The van der Waals surface area contributed by atoms with Crippen LogP contribution in [0.5, 0.6) is 11.8 Å². The molecular formula is C12H16N6O2. The van der Waals surface area contributed by atoms with Crippen molar-refractivity contribution in [3.05, 3.63) is 24.3 Å². The summed E-state index contributed by atoms with van der Waals surface area (Å²) in [7, 11) is 1.60. The van der Waals surface area contributed by atoms with Crippen LogP contribution in [0.15, 0.2) is 24.3 Å². The van der Waals surface area contributed by atoms with Crippen LogP contribution in [-0.4, -0.2) is 28.7 Å². The van der Waals surface area contributed by atoms with Gasteiger partial charge in [0, 0.05) is 11.8 Å². The number of anilines is 3. The van der Waals surface area contributed by atoms with E-state index in [-0.39, 0.29) is 12.0 Å². The number of rotatable bonds is 6. The van der Waals surface area contributed by atoms with Crippen molar-refractivity contribution in [1.82, 2.24) is 15.0 Å². The quantitative estimate of drug-likeness (QED) is 0.535. The highest BCUT2D eigenvalue weighted by Crippen LogP contribution is 2.20. The van der Waals surface area contributed by atoms with Crippen LogP contribution in [0.25, 0.3) is 0 Å². The van der Waals surface area contributed by atoms with Gasteiger partial charge in [-0.25, -0.2) is 5.84 Å². The Bertz CT molecular complexity index is 578. The Morgan fingerprint density at radius 3 is 2.70 bits per heavy atom. The average Bonchev–Trinajstić information content (AvgIpc) is 2.47. The first-order chi connectivity index (χ1) is 9.75. The maximum atomic E-state index is 5.32. The van der Waals surface area contributed by atoms with Gasteiger partial charge in [0.05, 0.1) is 13.7 Å². The van der Waals surface area contributed by atoms with Crippen LogP contribution in [0.1, 0.15) is 6.92 Å². The molecule has 1 aromatic heterocycles. The SMILES string of the molecule is CCOc1nc(NN)nc(Nc2cccc(OC)c2)n1. The molecule has 20 heavy (non-hydrogen) atoms. The topological polar surface area (TPSA) is 107 Å². The normalized spacial score (nSPS) is 9.95. The molecule has 0 aliphatic rings. The lowest BCUT2D eigenvalue weighted by Gasteiger charge is -2.09. The van der Waals surface area contributed by atoms with Crippen molar-refractivity contribution in [2.75, 3.05) is 24.5 Å². The van der Waals surface area contributed by atoms with E-state index in [1.54, 1.807) is 7.11 Å². The first-order valence-corrected chi connectivity index (χ1v) is 6.01. The molecular weight excluding hydrogens is 260 g/mol. The smallest absolute Gasteiger partial charge is 0.323 e. The monoisotopic (exact) mass is 276 g/mol. The first kappa shape index (κ1) is 13.8. The molecule has 0 unspecified atom stereocenters. The van der Waals surface area contributed by atoms with E-state index >= 15 is 0 Å². The molecule has 0 saturated heterocycles. The van der Waals surface area contributed by atoms with Crippen molar-refractivity contribution < 1.29 is 9.47 Å². The highest BCUT2D eigenvalue weighted by Gasteiger charge is 2.07. The fraction of sp³-hybridized carbons (Fsp3) is 0.250. The highest BCUT2D eigenvalue weighted by molar-refractivity contribution is 5.56. The zero-order chi connectivity index (χ0) is 14.4. The van der Waals surface area contributed by atoms with Crippen molar-refractivity contribution in [3.63, 3.8) is 0 Å². The number of nitrogens with one attached hydrogen (secondary N) is 2. The number of ether oxygens (including phenoxy) is 2. The summed E-state index contributed by atoms with van der Waals surface area (Å²) in [6, 6.07) is 7.58. The molecule has 0 aliphatic carbocycles. The van der Waals surface area contributed by atoms with Gasteiger partial charge in [0.15, 0.2) is 0 Å². The standard InChI is InChI=1S/C12H16N6O2/c1-3-20-12-16-10(15-11(17-12)18-13)14-8-5-4-6-9(7-8)19-2/h4-7H,3,13H2,1-2H3,(H2,14,15,16,17,18). The summed E-state index contributed by atoms with van der Waals surface area (Å²) in [5.41, 5.74) is 3.15. The number of benzene rings is 1. The molecule has 0 bridgehead atoms.